The number of aromatic nitrogens is 1. The van der Waals surface area contributed by atoms with Crippen molar-refractivity contribution in [2.45, 2.75) is 71.2 Å². The Morgan fingerprint density at radius 3 is 2.83 bits per heavy atom. The van der Waals surface area contributed by atoms with Crippen LogP contribution in [-0.2, 0) is 29.1 Å². The predicted octanol–water partition coefficient (Wildman–Crippen LogP) is 5.84. The van der Waals surface area contributed by atoms with Crippen molar-refractivity contribution < 1.29 is 19.4 Å². The van der Waals surface area contributed by atoms with Gasteiger partial charge < -0.3 is 19.5 Å². The highest BCUT2D eigenvalue weighted by Crippen LogP contribution is 2.57. The second kappa shape index (κ2) is 10.4. The maximum Gasteiger partial charge on any atom is 0.309 e. The number of carbonyl (C=O) groups is 1. The minimum Gasteiger partial charge on any atom is -0.488 e. The van der Waals surface area contributed by atoms with Crippen molar-refractivity contribution in [1.82, 2.24) is 9.88 Å². The quantitative estimate of drug-likeness (QED) is 0.381. The molecule has 41 heavy (non-hydrogen) atoms. The number of rotatable bonds is 7. The fourth-order valence-electron chi connectivity index (χ4n) is 7.90. The highest BCUT2D eigenvalue weighted by Gasteiger charge is 2.64. The summed E-state index contributed by atoms with van der Waals surface area (Å²) >= 11 is 1.60. The molecule has 1 aliphatic carbocycles. The average Bonchev–Trinajstić information content (AvgIpc) is 3.64. The average molecular weight is 574 g/mol. The monoisotopic (exact) mass is 573 g/mol. The molecule has 0 spiro atoms. The van der Waals surface area contributed by atoms with Crippen LogP contribution in [-0.4, -0.2) is 58.8 Å². The summed E-state index contributed by atoms with van der Waals surface area (Å²) in [6.45, 7) is 11.6. The van der Waals surface area contributed by atoms with E-state index in [4.69, 9.17) is 14.5 Å². The lowest BCUT2D eigenvalue weighted by Gasteiger charge is -2.44. The lowest BCUT2D eigenvalue weighted by Crippen LogP contribution is -2.54. The molecule has 3 atom stereocenters. The van der Waals surface area contributed by atoms with Gasteiger partial charge in [-0.1, -0.05) is 24.3 Å². The highest BCUT2D eigenvalue weighted by atomic mass is 32.1. The largest absolute Gasteiger partial charge is 0.488 e. The summed E-state index contributed by atoms with van der Waals surface area (Å²) < 4.78 is 12.1. The summed E-state index contributed by atoms with van der Waals surface area (Å²) in [5.74, 6) is 0.0858. The molecule has 1 N–H and O–H groups in total. The first-order chi connectivity index (χ1) is 19.8. The molecule has 4 aliphatic heterocycles. The van der Waals surface area contributed by atoms with E-state index in [9.17, 15) is 9.90 Å². The van der Waals surface area contributed by atoms with E-state index in [0.717, 1.165) is 86.2 Å². The molecule has 3 saturated heterocycles. The zero-order chi connectivity index (χ0) is 28.3. The number of carboxylic acid groups (broad SMARTS) is 1. The molecule has 0 amide bonds. The Morgan fingerprint density at radius 2 is 2.05 bits per heavy atom. The second-order valence-corrected chi connectivity index (χ2v) is 13.5. The van der Waals surface area contributed by atoms with Crippen molar-refractivity contribution in [1.29, 1.82) is 0 Å². The first kappa shape index (κ1) is 26.9. The van der Waals surface area contributed by atoms with Gasteiger partial charge in [0.1, 0.15) is 12.4 Å². The Balaban J connectivity index is 1.08. The molecule has 5 aliphatic rings. The number of anilines is 1. The van der Waals surface area contributed by atoms with E-state index in [1.165, 1.54) is 22.3 Å². The van der Waals surface area contributed by atoms with E-state index in [1.54, 1.807) is 11.3 Å². The molecule has 3 aromatic rings. The Morgan fingerprint density at radius 1 is 1.22 bits per heavy atom. The number of benzene rings is 2. The molecule has 5 heterocycles. The number of ether oxygens (including phenoxy) is 2. The number of hydrogen-bond donors (Lipinski definition) is 1. The number of aryl methyl sites for hydroxylation is 2. The summed E-state index contributed by atoms with van der Waals surface area (Å²) in [5, 5.41) is 12.7. The van der Waals surface area contributed by atoms with E-state index in [1.807, 2.05) is 0 Å². The lowest BCUT2D eigenvalue weighted by molar-refractivity contribution is -0.149. The highest BCUT2D eigenvalue weighted by molar-refractivity contribution is 7.14. The van der Waals surface area contributed by atoms with Gasteiger partial charge in [-0.25, -0.2) is 4.98 Å². The van der Waals surface area contributed by atoms with E-state index in [-0.39, 0.29) is 17.4 Å². The number of thiazole rings is 1. The summed E-state index contributed by atoms with van der Waals surface area (Å²) in [6, 6.07) is 11.5. The summed E-state index contributed by atoms with van der Waals surface area (Å²) in [6.07, 6.45) is 4.28. The topological polar surface area (TPSA) is 75.1 Å². The Kier molecular flexibility index (Phi) is 6.83. The van der Waals surface area contributed by atoms with E-state index >= 15 is 0 Å². The molecular formula is C33H39N3O4S. The van der Waals surface area contributed by atoms with Gasteiger partial charge in [0.25, 0.3) is 0 Å². The van der Waals surface area contributed by atoms with Crippen LogP contribution in [0.15, 0.2) is 35.7 Å². The van der Waals surface area contributed by atoms with Crippen LogP contribution in [0.1, 0.15) is 54.0 Å². The molecule has 8 rings (SSSR count). The molecule has 7 nitrogen and oxygen atoms in total. The third kappa shape index (κ3) is 4.64. The standard InChI is InChI=1S/C33H39N3O4S/c1-20-5-4-6-26(28-19-41-32(34-28)36-16-24-15-33(36,3)29(24)31(37)38)30(20)40-18-22-13-21(2)27-17-35(10-7-23(27)14-22)25-8-11-39-12-9-25/h4-6,13-14,19,24-25,29H,7-12,15-18H2,1-3H3,(H,37,38)/t24-,29-,33?/m1/s1. The Bertz CT molecular complexity index is 1480. The number of para-hydroxylation sites is 1. The molecule has 0 radical (unpaired) electrons. The first-order valence-corrected chi connectivity index (χ1v) is 15.8. The molecule has 4 fully saturated rings. The van der Waals surface area contributed by atoms with Crippen molar-refractivity contribution in [3.63, 3.8) is 0 Å². The van der Waals surface area contributed by atoms with Crippen molar-refractivity contribution in [2.75, 3.05) is 31.2 Å². The lowest BCUT2D eigenvalue weighted by atomic mass is 9.64. The van der Waals surface area contributed by atoms with Crippen LogP contribution in [0.5, 0.6) is 5.75 Å². The second-order valence-electron chi connectivity index (χ2n) is 12.6. The maximum absolute atomic E-state index is 11.8. The molecule has 1 aromatic heterocycles. The Hall–Kier alpha value is -2.94. The smallest absolute Gasteiger partial charge is 0.309 e. The summed E-state index contributed by atoms with van der Waals surface area (Å²) in [5.41, 5.74) is 8.11. The minimum absolute atomic E-state index is 0.215. The van der Waals surface area contributed by atoms with E-state index in [0.29, 0.717) is 12.6 Å². The normalized spacial score (nSPS) is 26.1. The van der Waals surface area contributed by atoms with Crippen molar-refractivity contribution >= 4 is 22.4 Å². The van der Waals surface area contributed by atoms with Gasteiger partial charge in [0.2, 0.25) is 0 Å². The number of fused-ring (bicyclic) bond motifs is 2. The fraction of sp³-hybridized carbons (Fsp3) is 0.515. The molecular weight excluding hydrogens is 534 g/mol. The number of carboxylic acids is 1. The minimum atomic E-state index is -0.688. The van der Waals surface area contributed by atoms with Gasteiger partial charge >= 0.3 is 5.97 Å². The van der Waals surface area contributed by atoms with Crippen LogP contribution >= 0.6 is 11.3 Å². The summed E-state index contributed by atoms with van der Waals surface area (Å²) in [7, 11) is 0. The molecule has 1 saturated carbocycles. The van der Waals surface area contributed by atoms with Crippen LogP contribution in [0.3, 0.4) is 0 Å². The first-order valence-electron chi connectivity index (χ1n) is 14.9. The van der Waals surface area contributed by atoms with E-state index in [2.05, 4.69) is 66.3 Å². The zero-order valence-electron chi connectivity index (χ0n) is 24.2. The van der Waals surface area contributed by atoms with Gasteiger partial charge in [-0.3, -0.25) is 9.69 Å². The predicted molar refractivity (Wildman–Crippen MR) is 161 cm³/mol. The number of nitrogens with zero attached hydrogens (tertiary/aromatic N) is 3. The molecule has 2 bridgehead atoms. The molecule has 1 unspecified atom stereocenters. The van der Waals surface area contributed by atoms with Crippen LogP contribution < -0.4 is 9.64 Å². The van der Waals surface area contributed by atoms with Crippen LogP contribution in [0.4, 0.5) is 5.13 Å². The molecule has 2 aromatic carbocycles. The van der Waals surface area contributed by atoms with Gasteiger partial charge in [-0.05, 0) is 86.3 Å². The van der Waals surface area contributed by atoms with Crippen molar-refractivity contribution in [3.8, 4) is 17.0 Å². The van der Waals surface area contributed by atoms with Gasteiger partial charge in [-0.15, -0.1) is 11.3 Å². The third-order valence-corrected chi connectivity index (χ3v) is 10.9. The van der Waals surface area contributed by atoms with Crippen LogP contribution in [0.2, 0.25) is 0 Å². The van der Waals surface area contributed by atoms with Gasteiger partial charge in [0, 0.05) is 49.8 Å². The van der Waals surface area contributed by atoms with Crippen molar-refractivity contribution in [2.24, 2.45) is 11.8 Å². The molecule has 8 heteroatoms. The fourth-order valence-corrected chi connectivity index (χ4v) is 8.86. The van der Waals surface area contributed by atoms with Crippen LogP contribution in [0, 0.1) is 25.7 Å². The van der Waals surface area contributed by atoms with Gasteiger partial charge in [0.15, 0.2) is 5.13 Å². The third-order valence-electron chi connectivity index (χ3n) is 10.1. The van der Waals surface area contributed by atoms with Gasteiger partial charge in [0.05, 0.1) is 17.2 Å². The van der Waals surface area contributed by atoms with E-state index < -0.39 is 5.97 Å². The van der Waals surface area contributed by atoms with Crippen molar-refractivity contribution in [3.05, 3.63) is 63.5 Å². The Labute approximate surface area is 246 Å². The number of aliphatic carboxylic acids is 1. The van der Waals surface area contributed by atoms with Gasteiger partial charge in [-0.2, -0.15) is 0 Å². The summed E-state index contributed by atoms with van der Waals surface area (Å²) in [4.78, 5) is 21.7. The SMILES string of the molecule is Cc1cc(COc2c(C)cccc2-c2csc(N3C[C@H]4CC3(C)[C@H]4C(=O)O)n2)cc2c1CN(C1CCOCC1)CC2. The molecule has 216 valence electrons. The zero-order valence-corrected chi connectivity index (χ0v) is 25.0. The maximum atomic E-state index is 11.8. The van der Waals surface area contributed by atoms with Crippen LogP contribution in [0.25, 0.3) is 11.3 Å². The number of hydrogen-bond acceptors (Lipinski definition) is 7.